The zero-order chi connectivity index (χ0) is 30.9. The number of amides is 1. The molecule has 0 fully saturated rings. The van der Waals surface area contributed by atoms with Gasteiger partial charge in [0.15, 0.2) is 28.7 Å². The van der Waals surface area contributed by atoms with Gasteiger partial charge in [0.25, 0.3) is 0 Å². The summed E-state index contributed by atoms with van der Waals surface area (Å²) in [5.41, 5.74) is 5.30. The lowest BCUT2D eigenvalue weighted by atomic mass is 9.72. The van der Waals surface area contributed by atoms with Crippen LogP contribution in [-0.4, -0.2) is 63.4 Å². The Hall–Kier alpha value is -3.44. The number of fused-ring (bicyclic) bond motifs is 4. The van der Waals surface area contributed by atoms with Crippen molar-refractivity contribution >= 4 is 13.7 Å². The number of benzene rings is 2. The second-order valence-corrected chi connectivity index (χ2v) is 14.1. The molecule has 2 atom stereocenters. The molecule has 0 saturated heterocycles. The predicted octanol–water partition coefficient (Wildman–Crippen LogP) is 5.21. The number of allylic oxidation sites excluding steroid dienone is 1. The first-order valence-corrected chi connectivity index (χ1v) is 15.6. The average molecular weight is 616 g/mol. The Morgan fingerprint density at radius 2 is 1.77 bits per heavy atom. The number of carbonyl (C=O) groups excluding carboxylic acids is 1. The Kier molecular flexibility index (Phi) is 7.12. The maximum absolute atomic E-state index is 14.5. The quantitative estimate of drug-likeness (QED) is 0.432. The Balaban J connectivity index is 1.69. The minimum absolute atomic E-state index is 0.114. The molecule has 1 amide bonds. The van der Waals surface area contributed by atoms with E-state index in [0.717, 1.165) is 22.3 Å². The first-order valence-electron chi connectivity index (χ1n) is 14.1. The van der Waals surface area contributed by atoms with Crippen LogP contribution in [0.15, 0.2) is 35.3 Å². The van der Waals surface area contributed by atoms with E-state index >= 15 is 0 Å². The third kappa shape index (κ3) is 4.29. The molecule has 6 rings (SSSR count). The van der Waals surface area contributed by atoms with E-state index in [1.165, 1.54) is 14.2 Å². The smallest absolute Gasteiger partial charge is 0.426 e. The molecule has 1 N–H and O–H groups in total. The van der Waals surface area contributed by atoms with E-state index in [-0.39, 0.29) is 6.79 Å². The number of nitrogens with one attached hydrogen (secondary N) is 1. The van der Waals surface area contributed by atoms with Crippen LogP contribution in [0.4, 0.5) is 4.79 Å². The number of ether oxygens (including phenoxy) is 5. The zero-order valence-corrected chi connectivity index (χ0v) is 26.6. The Morgan fingerprint density at radius 3 is 2.40 bits per heavy atom. The molecule has 4 aliphatic rings. The molecule has 43 heavy (non-hydrogen) atoms. The van der Waals surface area contributed by atoms with Crippen LogP contribution in [0.2, 0.25) is 0 Å². The summed E-state index contributed by atoms with van der Waals surface area (Å²) in [5, 5.41) is 2.18. The van der Waals surface area contributed by atoms with Gasteiger partial charge in [-0.15, -0.1) is 0 Å². The number of hydrazine groups is 1. The van der Waals surface area contributed by atoms with Crippen LogP contribution in [0.25, 0.3) is 0 Å². The second-order valence-electron chi connectivity index (χ2n) is 11.8. The molecule has 1 spiro atoms. The molecule has 0 aromatic heterocycles. The van der Waals surface area contributed by atoms with Crippen LogP contribution in [-0.2, 0) is 37.0 Å². The topological polar surface area (TPSA) is 117 Å². The summed E-state index contributed by atoms with van der Waals surface area (Å²) in [6, 6.07) is 7.76. The molecule has 0 saturated carbocycles. The van der Waals surface area contributed by atoms with Gasteiger partial charge in [0.05, 0.1) is 25.5 Å². The summed E-state index contributed by atoms with van der Waals surface area (Å²) < 4.78 is 54.7. The van der Waals surface area contributed by atoms with Gasteiger partial charge in [-0.05, 0) is 63.4 Å². The van der Waals surface area contributed by atoms with Gasteiger partial charge in [0.1, 0.15) is 5.60 Å². The predicted molar refractivity (Wildman–Crippen MR) is 156 cm³/mol. The Bertz CT molecular complexity index is 1560. The number of hydrogen-bond acceptors (Lipinski definition) is 11. The van der Waals surface area contributed by atoms with Gasteiger partial charge in [-0.1, -0.05) is 6.07 Å². The second kappa shape index (κ2) is 10.3. The molecule has 2 aromatic carbocycles. The van der Waals surface area contributed by atoms with E-state index in [1.54, 1.807) is 40.0 Å². The molecule has 12 nitrogen and oxygen atoms in total. The summed E-state index contributed by atoms with van der Waals surface area (Å²) in [5.74, 6) is 1.79. The van der Waals surface area contributed by atoms with Crippen molar-refractivity contribution in [2.75, 3.05) is 41.8 Å². The lowest BCUT2D eigenvalue weighted by molar-refractivity contribution is -0.0924. The molecule has 13 heteroatoms. The average Bonchev–Trinajstić information content (AvgIpc) is 3.53. The fourth-order valence-electron chi connectivity index (χ4n) is 7.01. The highest BCUT2D eigenvalue weighted by Crippen LogP contribution is 2.72. The maximum atomic E-state index is 14.5. The van der Waals surface area contributed by atoms with E-state index in [2.05, 4.69) is 10.3 Å². The van der Waals surface area contributed by atoms with E-state index < -0.39 is 30.9 Å². The summed E-state index contributed by atoms with van der Waals surface area (Å²) in [6.07, 6.45) is 0.0416. The normalized spacial score (nSPS) is 22.4. The van der Waals surface area contributed by atoms with Gasteiger partial charge in [0, 0.05) is 44.1 Å². The highest BCUT2D eigenvalue weighted by Gasteiger charge is 2.66. The molecule has 4 aliphatic heterocycles. The standard InChI is InChI=1S/C30H38N3O9P/c1-17-27(43(35,38-7)39-8)25-19-9-10-22(36-5)26(37-6)20(19)15-32-12-11-18-13-23-24(41-16-40-23)14-21(18)30(25,32)33(17)31-28(34)42-29(2,3)4/h9-10,13-14,25H,11-12,15-16H2,1-8H3,(H,31,34). The molecule has 2 unspecified atom stereocenters. The molecule has 0 bridgehead atoms. The molecule has 2 aromatic rings. The largest absolute Gasteiger partial charge is 0.493 e. The number of hydrogen-bond donors (Lipinski definition) is 1. The van der Waals surface area contributed by atoms with Gasteiger partial charge < -0.3 is 32.7 Å². The van der Waals surface area contributed by atoms with Crippen molar-refractivity contribution in [2.45, 2.75) is 57.8 Å². The molecule has 232 valence electrons. The summed E-state index contributed by atoms with van der Waals surface area (Å²) in [6.45, 7) is 8.37. The molecular formula is C30H38N3O9P. The van der Waals surface area contributed by atoms with Crippen molar-refractivity contribution in [3.8, 4) is 23.0 Å². The number of carbonyl (C=O) groups is 1. The molecule has 0 aliphatic carbocycles. The third-order valence-corrected chi connectivity index (χ3v) is 10.7. The van der Waals surface area contributed by atoms with Crippen molar-refractivity contribution < 1.29 is 42.1 Å². The van der Waals surface area contributed by atoms with Crippen molar-refractivity contribution in [1.29, 1.82) is 0 Å². The summed E-state index contributed by atoms with van der Waals surface area (Å²) in [7, 11) is 2.03. The van der Waals surface area contributed by atoms with Crippen LogP contribution < -0.4 is 24.4 Å². The fourth-order valence-corrected chi connectivity index (χ4v) is 8.69. The van der Waals surface area contributed by atoms with Crippen molar-refractivity contribution in [2.24, 2.45) is 0 Å². The van der Waals surface area contributed by atoms with Crippen LogP contribution in [0, 0.1) is 0 Å². The molecular weight excluding hydrogens is 577 g/mol. The van der Waals surface area contributed by atoms with Crippen molar-refractivity contribution in [3.63, 3.8) is 0 Å². The number of nitrogens with zero attached hydrogens (tertiary/aromatic N) is 2. The number of methoxy groups -OCH3 is 2. The maximum Gasteiger partial charge on any atom is 0.426 e. The Morgan fingerprint density at radius 1 is 1.07 bits per heavy atom. The van der Waals surface area contributed by atoms with Gasteiger partial charge in [0.2, 0.25) is 6.79 Å². The van der Waals surface area contributed by atoms with Gasteiger partial charge in [-0.3, -0.25) is 14.5 Å². The first-order chi connectivity index (χ1) is 20.4. The van der Waals surface area contributed by atoms with Crippen molar-refractivity contribution in [1.82, 2.24) is 15.3 Å². The first kappa shape index (κ1) is 29.6. The molecule has 0 radical (unpaired) electrons. The SMILES string of the molecule is COc1ccc2c(c1OC)CN1CCc3cc4c(cc3C13C2C(P(=O)(OC)OC)=C(C)N3NC(=O)OC(C)(C)C)OCO4. The van der Waals surface area contributed by atoms with Crippen LogP contribution in [0.1, 0.15) is 55.9 Å². The minimum atomic E-state index is -3.90. The number of rotatable bonds is 6. The fraction of sp³-hybridized carbons (Fsp3) is 0.500. The minimum Gasteiger partial charge on any atom is -0.493 e. The van der Waals surface area contributed by atoms with E-state index in [9.17, 15) is 9.36 Å². The van der Waals surface area contributed by atoms with Crippen LogP contribution in [0.3, 0.4) is 0 Å². The molecule has 4 heterocycles. The monoisotopic (exact) mass is 615 g/mol. The lowest BCUT2D eigenvalue weighted by Gasteiger charge is -2.57. The third-order valence-electron chi connectivity index (χ3n) is 8.57. The van der Waals surface area contributed by atoms with E-state index in [4.69, 9.17) is 32.7 Å². The van der Waals surface area contributed by atoms with E-state index in [0.29, 0.717) is 53.5 Å². The summed E-state index contributed by atoms with van der Waals surface area (Å²) >= 11 is 0. The summed E-state index contributed by atoms with van der Waals surface area (Å²) in [4.78, 5) is 15.8. The Labute approximate surface area is 251 Å². The van der Waals surface area contributed by atoms with E-state index in [1.807, 2.05) is 31.2 Å². The van der Waals surface area contributed by atoms with Gasteiger partial charge in [-0.25, -0.2) is 10.2 Å². The zero-order valence-electron chi connectivity index (χ0n) is 25.7. The van der Waals surface area contributed by atoms with Gasteiger partial charge >= 0.3 is 13.7 Å². The van der Waals surface area contributed by atoms with Gasteiger partial charge in [-0.2, -0.15) is 0 Å². The highest BCUT2D eigenvalue weighted by molar-refractivity contribution is 7.58. The van der Waals surface area contributed by atoms with Crippen molar-refractivity contribution in [3.05, 3.63) is 57.5 Å². The van der Waals surface area contributed by atoms with Crippen LogP contribution >= 0.6 is 7.60 Å². The lowest BCUT2D eigenvalue weighted by Crippen LogP contribution is -2.66. The highest BCUT2D eigenvalue weighted by atomic mass is 31.2. The van der Waals surface area contributed by atoms with Crippen LogP contribution in [0.5, 0.6) is 23.0 Å².